The summed E-state index contributed by atoms with van der Waals surface area (Å²) in [6.45, 7) is 3.37. The van der Waals surface area contributed by atoms with Crippen molar-refractivity contribution >= 4 is 0 Å². The number of ether oxygens (including phenoxy) is 2. The summed E-state index contributed by atoms with van der Waals surface area (Å²) in [5.74, 6) is 1.64. The zero-order valence-corrected chi connectivity index (χ0v) is 8.32. The topological polar surface area (TPSA) is 44.5 Å². The molecule has 0 fully saturated rings. The monoisotopic (exact) mass is 193 g/mol. The minimum Gasteiger partial charge on any atom is -0.490 e. The number of hydrogen-bond acceptors (Lipinski definition) is 3. The van der Waals surface area contributed by atoms with Crippen LogP contribution in [-0.2, 0) is 0 Å². The molecule has 0 saturated carbocycles. The second kappa shape index (κ2) is 3.88. The van der Waals surface area contributed by atoms with E-state index in [1.807, 2.05) is 25.1 Å². The Morgan fingerprint density at radius 2 is 2.07 bits per heavy atom. The third-order valence-electron chi connectivity index (χ3n) is 2.29. The summed E-state index contributed by atoms with van der Waals surface area (Å²) < 4.78 is 11.2. The number of nitrogens with two attached hydrogens (primary N) is 1. The first-order valence-electron chi connectivity index (χ1n) is 4.93. The molecule has 1 unspecified atom stereocenters. The molecule has 2 rings (SSSR count). The van der Waals surface area contributed by atoms with Crippen LogP contribution in [0.15, 0.2) is 18.2 Å². The maximum atomic E-state index is 5.85. The van der Waals surface area contributed by atoms with E-state index in [9.17, 15) is 0 Å². The molecule has 1 aliphatic rings. The third-order valence-corrected chi connectivity index (χ3v) is 2.29. The van der Waals surface area contributed by atoms with Gasteiger partial charge in [0.1, 0.15) is 0 Å². The Kier molecular flexibility index (Phi) is 2.59. The standard InChI is InChI=1S/C11H15NO2/c1-8(12)9-4-2-5-10-11(9)14-7-3-6-13-10/h2,4-5,8H,3,6-7,12H2,1H3. The molecule has 1 heterocycles. The average Bonchev–Trinajstić information content (AvgIpc) is 2.41. The highest BCUT2D eigenvalue weighted by molar-refractivity contribution is 5.48. The first-order chi connectivity index (χ1) is 6.79. The first-order valence-corrected chi connectivity index (χ1v) is 4.93. The molecule has 1 aliphatic heterocycles. The van der Waals surface area contributed by atoms with Gasteiger partial charge in [-0.15, -0.1) is 0 Å². The summed E-state index contributed by atoms with van der Waals surface area (Å²) in [6, 6.07) is 5.84. The molecule has 3 nitrogen and oxygen atoms in total. The Balaban J connectivity index is 2.42. The van der Waals surface area contributed by atoms with Crippen LogP contribution in [0.5, 0.6) is 11.5 Å². The lowest BCUT2D eigenvalue weighted by molar-refractivity contribution is 0.295. The minimum absolute atomic E-state index is 0.0216. The minimum atomic E-state index is -0.0216. The van der Waals surface area contributed by atoms with Crippen molar-refractivity contribution in [1.82, 2.24) is 0 Å². The van der Waals surface area contributed by atoms with E-state index in [0.29, 0.717) is 6.61 Å². The van der Waals surface area contributed by atoms with Gasteiger partial charge in [-0.1, -0.05) is 12.1 Å². The summed E-state index contributed by atoms with van der Waals surface area (Å²) in [6.07, 6.45) is 0.924. The van der Waals surface area contributed by atoms with Crippen LogP contribution < -0.4 is 15.2 Å². The van der Waals surface area contributed by atoms with Crippen molar-refractivity contribution in [1.29, 1.82) is 0 Å². The molecule has 1 aromatic carbocycles. The van der Waals surface area contributed by atoms with Crippen molar-refractivity contribution in [2.75, 3.05) is 13.2 Å². The van der Waals surface area contributed by atoms with E-state index >= 15 is 0 Å². The number of para-hydroxylation sites is 1. The largest absolute Gasteiger partial charge is 0.490 e. The molecule has 0 radical (unpaired) electrons. The summed E-state index contributed by atoms with van der Waals surface area (Å²) in [5.41, 5.74) is 6.87. The second-order valence-electron chi connectivity index (χ2n) is 3.51. The van der Waals surface area contributed by atoms with Gasteiger partial charge in [-0.3, -0.25) is 0 Å². The van der Waals surface area contributed by atoms with Crippen molar-refractivity contribution in [3.05, 3.63) is 23.8 Å². The van der Waals surface area contributed by atoms with Gasteiger partial charge >= 0.3 is 0 Å². The maximum absolute atomic E-state index is 5.85. The van der Waals surface area contributed by atoms with Crippen molar-refractivity contribution in [2.45, 2.75) is 19.4 Å². The number of hydrogen-bond donors (Lipinski definition) is 1. The number of rotatable bonds is 1. The fourth-order valence-corrected chi connectivity index (χ4v) is 1.57. The highest BCUT2D eigenvalue weighted by Gasteiger charge is 2.15. The predicted octanol–water partition coefficient (Wildman–Crippen LogP) is 1.87. The van der Waals surface area contributed by atoms with Crippen molar-refractivity contribution in [3.8, 4) is 11.5 Å². The molecule has 0 aromatic heterocycles. The van der Waals surface area contributed by atoms with Crippen LogP contribution in [0.4, 0.5) is 0 Å². The van der Waals surface area contributed by atoms with Gasteiger partial charge in [0.05, 0.1) is 13.2 Å². The summed E-state index contributed by atoms with van der Waals surface area (Å²) >= 11 is 0. The molecule has 0 spiro atoms. The number of fused-ring (bicyclic) bond motifs is 1. The Morgan fingerprint density at radius 3 is 2.86 bits per heavy atom. The van der Waals surface area contributed by atoms with Gasteiger partial charge in [0.25, 0.3) is 0 Å². The third kappa shape index (κ3) is 1.68. The quantitative estimate of drug-likeness (QED) is 0.740. The lowest BCUT2D eigenvalue weighted by atomic mass is 10.1. The van der Waals surface area contributed by atoms with Crippen molar-refractivity contribution in [3.63, 3.8) is 0 Å². The van der Waals surface area contributed by atoms with E-state index in [4.69, 9.17) is 15.2 Å². The molecule has 1 aromatic rings. The van der Waals surface area contributed by atoms with Crippen LogP contribution in [0.1, 0.15) is 24.9 Å². The zero-order chi connectivity index (χ0) is 9.97. The fourth-order valence-electron chi connectivity index (χ4n) is 1.57. The lowest BCUT2D eigenvalue weighted by Crippen LogP contribution is -2.08. The highest BCUT2D eigenvalue weighted by atomic mass is 16.5. The molecule has 1 atom stereocenters. The molecule has 2 N–H and O–H groups in total. The lowest BCUT2D eigenvalue weighted by Gasteiger charge is -2.14. The number of benzene rings is 1. The SMILES string of the molecule is CC(N)c1cccc2c1OCCCO2. The normalized spacial score (nSPS) is 17.3. The van der Waals surface area contributed by atoms with Crippen LogP contribution in [0.3, 0.4) is 0 Å². The Labute approximate surface area is 83.8 Å². The van der Waals surface area contributed by atoms with Crippen LogP contribution in [0.25, 0.3) is 0 Å². The summed E-state index contributed by atoms with van der Waals surface area (Å²) in [5, 5.41) is 0. The van der Waals surface area contributed by atoms with E-state index in [-0.39, 0.29) is 6.04 Å². The van der Waals surface area contributed by atoms with Crippen LogP contribution in [0, 0.1) is 0 Å². The smallest absolute Gasteiger partial charge is 0.165 e. The zero-order valence-electron chi connectivity index (χ0n) is 8.32. The van der Waals surface area contributed by atoms with E-state index in [1.54, 1.807) is 0 Å². The van der Waals surface area contributed by atoms with Gasteiger partial charge in [-0.05, 0) is 13.0 Å². The van der Waals surface area contributed by atoms with Gasteiger partial charge in [0.15, 0.2) is 11.5 Å². The fraction of sp³-hybridized carbons (Fsp3) is 0.455. The Bertz CT molecular complexity index is 323. The van der Waals surface area contributed by atoms with E-state index in [1.165, 1.54) is 0 Å². The summed E-state index contributed by atoms with van der Waals surface area (Å²) in [7, 11) is 0. The molecule has 0 amide bonds. The van der Waals surface area contributed by atoms with E-state index in [0.717, 1.165) is 30.1 Å². The highest BCUT2D eigenvalue weighted by Crippen LogP contribution is 2.35. The van der Waals surface area contributed by atoms with Gasteiger partial charge in [0.2, 0.25) is 0 Å². The molecular weight excluding hydrogens is 178 g/mol. The van der Waals surface area contributed by atoms with Crippen molar-refractivity contribution < 1.29 is 9.47 Å². The summed E-state index contributed by atoms with van der Waals surface area (Å²) in [4.78, 5) is 0. The molecular formula is C11H15NO2. The van der Waals surface area contributed by atoms with E-state index < -0.39 is 0 Å². The van der Waals surface area contributed by atoms with E-state index in [2.05, 4.69) is 0 Å². The Hall–Kier alpha value is -1.22. The molecule has 3 heteroatoms. The predicted molar refractivity (Wildman–Crippen MR) is 54.7 cm³/mol. The molecule has 0 saturated heterocycles. The molecule has 0 bridgehead atoms. The van der Waals surface area contributed by atoms with Crippen LogP contribution in [0.2, 0.25) is 0 Å². The second-order valence-corrected chi connectivity index (χ2v) is 3.51. The van der Waals surface area contributed by atoms with Gasteiger partial charge in [-0.2, -0.15) is 0 Å². The average molecular weight is 193 g/mol. The molecule has 14 heavy (non-hydrogen) atoms. The van der Waals surface area contributed by atoms with Crippen LogP contribution >= 0.6 is 0 Å². The van der Waals surface area contributed by atoms with Gasteiger partial charge < -0.3 is 15.2 Å². The van der Waals surface area contributed by atoms with Crippen molar-refractivity contribution in [2.24, 2.45) is 5.73 Å². The maximum Gasteiger partial charge on any atom is 0.165 e. The molecule has 0 aliphatic carbocycles. The molecule has 76 valence electrons. The Morgan fingerprint density at radius 1 is 1.29 bits per heavy atom. The van der Waals surface area contributed by atoms with Gasteiger partial charge in [0, 0.05) is 18.0 Å². The first kappa shape index (κ1) is 9.34. The van der Waals surface area contributed by atoms with Gasteiger partial charge in [-0.25, -0.2) is 0 Å². The van der Waals surface area contributed by atoms with Crippen LogP contribution in [-0.4, -0.2) is 13.2 Å².